The fourth-order valence-corrected chi connectivity index (χ4v) is 6.25. The Balaban J connectivity index is 1.55. The zero-order chi connectivity index (χ0) is 28.4. The highest BCUT2D eigenvalue weighted by Gasteiger charge is 2.31. The van der Waals surface area contributed by atoms with Crippen LogP contribution in [0.3, 0.4) is 0 Å². The summed E-state index contributed by atoms with van der Waals surface area (Å²) in [5.41, 5.74) is 2.60. The molecule has 0 amide bonds. The third kappa shape index (κ3) is 9.20. The minimum Gasteiger partial charge on any atom is -0.462 e. The van der Waals surface area contributed by atoms with Gasteiger partial charge in [0.05, 0.1) is 17.6 Å². The molecule has 2 unspecified atom stereocenters. The number of benzene rings is 1. The molecule has 39 heavy (non-hydrogen) atoms. The van der Waals surface area contributed by atoms with Gasteiger partial charge in [-0.1, -0.05) is 56.3 Å². The predicted octanol–water partition coefficient (Wildman–Crippen LogP) is 7.42. The maximum Gasteiger partial charge on any atom is 0.336 e. The molecule has 5 nitrogen and oxygen atoms in total. The lowest BCUT2D eigenvalue weighted by Gasteiger charge is -2.38. The SMILES string of the molecule is C=CCCC1CCC(C2CCC(c3ccc(C(COC(=O)C(=C)C)COC(=O)C(=C)C(C)O)cc3)CC2)CC1. The van der Waals surface area contributed by atoms with Gasteiger partial charge in [-0.05, 0) is 100 Å². The van der Waals surface area contributed by atoms with Gasteiger partial charge in [0.25, 0.3) is 0 Å². The van der Waals surface area contributed by atoms with Crippen molar-refractivity contribution in [3.8, 4) is 0 Å². The molecule has 2 atom stereocenters. The van der Waals surface area contributed by atoms with Crippen molar-refractivity contribution in [2.24, 2.45) is 17.8 Å². The molecule has 2 fully saturated rings. The summed E-state index contributed by atoms with van der Waals surface area (Å²) in [5.74, 6) is 1.81. The lowest BCUT2D eigenvalue weighted by atomic mass is 9.68. The van der Waals surface area contributed by atoms with Gasteiger partial charge >= 0.3 is 11.9 Å². The average molecular weight is 537 g/mol. The van der Waals surface area contributed by atoms with Crippen LogP contribution >= 0.6 is 0 Å². The first-order valence-electron chi connectivity index (χ1n) is 14.8. The van der Waals surface area contributed by atoms with Crippen LogP contribution in [0.5, 0.6) is 0 Å². The van der Waals surface area contributed by atoms with Crippen LogP contribution in [0.25, 0.3) is 0 Å². The molecule has 1 N–H and O–H groups in total. The van der Waals surface area contributed by atoms with Crippen LogP contribution in [-0.4, -0.2) is 36.4 Å². The summed E-state index contributed by atoms with van der Waals surface area (Å²) < 4.78 is 10.8. The van der Waals surface area contributed by atoms with Crippen LogP contribution in [0, 0.1) is 17.8 Å². The molecule has 3 rings (SSSR count). The second kappa shape index (κ2) is 15.2. The molecule has 0 bridgehead atoms. The average Bonchev–Trinajstić information content (AvgIpc) is 2.95. The van der Waals surface area contributed by atoms with Gasteiger partial charge in [-0.25, -0.2) is 9.59 Å². The highest BCUT2D eigenvalue weighted by molar-refractivity contribution is 5.88. The van der Waals surface area contributed by atoms with Gasteiger partial charge in [0.2, 0.25) is 0 Å². The van der Waals surface area contributed by atoms with E-state index >= 15 is 0 Å². The monoisotopic (exact) mass is 536 g/mol. The zero-order valence-corrected chi connectivity index (χ0v) is 24.0. The molecule has 1 aromatic carbocycles. The lowest BCUT2D eigenvalue weighted by Crippen LogP contribution is -2.25. The smallest absolute Gasteiger partial charge is 0.336 e. The fraction of sp³-hybridized carbons (Fsp3) is 0.588. The highest BCUT2D eigenvalue weighted by atomic mass is 16.5. The number of aliphatic hydroxyl groups is 1. The molecule has 0 aliphatic heterocycles. The Morgan fingerprint density at radius 1 is 0.923 bits per heavy atom. The summed E-state index contributed by atoms with van der Waals surface area (Å²) in [4.78, 5) is 24.2. The molecule has 0 spiro atoms. The Morgan fingerprint density at radius 2 is 1.46 bits per heavy atom. The molecule has 0 heterocycles. The minimum absolute atomic E-state index is 0.000584. The maximum atomic E-state index is 12.2. The third-order valence-corrected chi connectivity index (χ3v) is 8.93. The van der Waals surface area contributed by atoms with Gasteiger partial charge in [0.15, 0.2) is 0 Å². The van der Waals surface area contributed by atoms with E-state index in [0.717, 1.165) is 29.7 Å². The summed E-state index contributed by atoms with van der Waals surface area (Å²) >= 11 is 0. The molecule has 0 saturated heterocycles. The van der Waals surface area contributed by atoms with E-state index < -0.39 is 18.0 Å². The first-order valence-corrected chi connectivity index (χ1v) is 14.8. The number of allylic oxidation sites excluding steroid dienone is 1. The van der Waals surface area contributed by atoms with Crippen molar-refractivity contribution in [3.05, 3.63) is 72.4 Å². The first-order chi connectivity index (χ1) is 18.7. The fourth-order valence-electron chi connectivity index (χ4n) is 6.25. The van der Waals surface area contributed by atoms with Crippen LogP contribution in [0.15, 0.2) is 61.2 Å². The van der Waals surface area contributed by atoms with Crippen LogP contribution < -0.4 is 0 Å². The minimum atomic E-state index is -0.982. The van der Waals surface area contributed by atoms with Gasteiger partial charge in [-0.3, -0.25) is 0 Å². The van der Waals surface area contributed by atoms with E-state index in [-0.39, 0.29) is 24.7 Å². The molecule has 2 aliphatic carbocycles. The second-order valence-electron chi connectivity index (χ2n) is 11.8. The predicted molar refractivity (Wildman–Crippen MR) is 156 cm³/mol. The highest BCUT2D eigenvalue weighted by Crippen LogP contribution is 2.44. The number of aliphatic hydroxyl groups excluding tert-OH is 1. The van der Waals surface area contributed by atoms with Crippen molar-refractivity contribution in [3.63, 3.8) is 0 Å². The Hall–Kier alpha value is -2.66. The Bertz CT molecular complexity index is 975. The molecular weight excluding hydrogens is 488 g/mol. The number of esters is 2. The maximum absolute atomic E-state index is 12.2. The van der Waals surface area contributed by atoms with Crippen LogP contribution in [0.1, 0.15) is 101 Å². The summed E-state index contributed by atoms with van der Waals surface area (Å²) in [7, 11) is 0. The Morgan fingerprint density at radius 3 is 1.97 bits per heavy atom. The number of ether oxygens (including phenoxy) is 2. The van der Waals surface area contributed by atoms with Gasteiger partial charge in [0.1, 0.15) is 13.2 Å². The zero-order valence-electron chi connectivity index (χ0n) is 24.0. The number of rotatable bonds is 13. The van der Waals surface area contributed by atoms with Crippen molar-refractivity contribution in [1.29, 1.82) is 0 Å². The van der Waals surface area contributed by atoms with Crippen molar-refractivity contribution >= 4 is 11.9 Å². The first kappa shape index (κ1) is 30.9. The van der Waals surface area contributed by atoms with Gasteiger partial charge < -0.3 is 14.6 Å². The van der Waals surface area contributed by atoms with E-state index in [4.69, 9.17) is 9.47 Å². The van der Waals surface area contributed by atoms with E-state index in [1.807, 2.05) is 0 Å². The number of carbonyl (C=O) groups excluding carboxylic acids is 2. The largest absolute Gasteiger partial charge is 0.462 e. The summed E-state index contributed by atoms with van der Waals surface area (Å²) in [5, 5.41) is 9.61. The van der Waals surface area contributed by atoms with E-state index in [1.54, 1.807) is 6.92 Å². The van der Waals surface area contributed by atoms with Crippen molar-refractivity contribution in [1.82, 2.24) is 0 Å². The molecule has 0 radical (unpaired) electrons. The number of carbonyl (C=O) groups is 2. The Kier molecular flexibility index (Phi) is 12.0. The van der Waals surface area contributed by atoms with E-state index in [2.05, 4.69) is 50.1 Å². The van der Waals surface area contributed by atoms with Crippen LogP contribution in [-0.2, 0) is 19.1 Å². The van der Waals surface area contributed by atoms with Gasteiger partial charge in [-0.15, -0.1) is 6.58 Å². The quantitative estimate of drug-likeness (QED) is 0.161. The van der Waals surface area contributed by atoms with Crippen LogP contribution in [0.2, 0.25) is 0 Å². The van der Waals surface area contributed by atoms with Crippen molar-refractivity contribution in [2.75, 3.05) is 13.2 Å². The molecular formula is C34H48O5. The van der Waals surface area contributed by atoms with Crippen LogP contribution in [0.4, 0.5) is 0 Å². The molecule has 1 aromatic rings. The summed E-state index contributed by atoms with van der Waals surface area (Å²) in [6.45, 7) is 14.3. The molecule has 2 saturated carbocycles. The Labute approximate surface area is 235 Å². The van der Waals surface area contributed by atoms with E-state index in [0.29, 0.717) is 11.5 Å². The number of hydrogen-bond donors (Lipinski definition) is 1. The molecule has 5 heteroatoms. The summed E-state index contributed by atoms with van der Waals surface area (Å²) in [6, 6.07) is 8.47. The topological polar surface area (TPSA) is 72.8 Å². The van der Waals surface area contributed by atoms with E-state index in [9.17, 15) is 14.7 Å². The van der Waals surface area contributed by atoms with E-state index in [1.165, 1.54) is 70.3 Å². The molecule has 0 aromatic heterocycles. The summed E-state index contributed by atoms with van der Waals surface area (Å²) in [6.07, 6.45) is 14.2. The third-order valence-electron chi connectivity index (χ3n) is 8.93. The van der Waals surface area contributed by atoms with Gasteiger partial charge in [0, 0.05) is 5.57 Å². The molecule has 214 valence electrons. The standard InChI is InChI=1S/C34H48O5/c1-6-7-8-26-9-11-27(12-10-26)28-13-15-29(16-14-28)30-17-19-31(20-18-30)32(21-38-33(36)23(2)3)22-39-34(37)24(4)25(5)35/h6,17-20,25-29,32,35H,1-2,4,7-16,21-22H2,3,5H3. The van der Waals surface area contributed by atoms with Crippen molar-refractivity contribution < 1.29 is 24.2 Å². The second-order valence-corrected chi connectivity index (χ2v) is 11.8. The molecule has 2 aliphatic rings. The lowest BCUT2D eigenvalue weighted by molar-refractivity contribution is -0.143. The van der Waals surface area contributed by atoms with Gasteiger partial charge in [-0.2, -0.15) is 0 Å². The van der Waals surface area contributed by atoms with Crippen molar-refractivity contribution in [2.45, 2.75) is 96.0 Å². The number of hydrogen-bond acceptors (Lipinski definition) is 5. The normalized spacial score (nSPS) is 24.7.